The predicted molar refractivity (Wildman–Crippen MR) is 124 cm³/mol. The molecule has 2 aliphatic heterocycles. The van der Waals surface area contributed by atoms with E-state index in [4.69, 9.17) is 9.47 Å². The van der Waals surface area contributed by atoms with Crippen LogP contribution in [0.15, 0.2) is 58.1 Å². The largest absolute Gasteiger partial charge is 0.497 e. The fraction of sp³-hybridized carbons (Fsp3) is 0.333. The topological polar surface area (TPSA) is 83.0 Å². The third-order valence-electron chi connectivity index (χ3n) is 6.16. The molecule has 2 aliphatic rings. The van der Waals surface area contributed by atoms with E-state index in [-0.39, 0.29) is 11.2 Å². The molecule has 0 bridgehead atoms. The minimum absolute atomic E-state index is 0.306. The van der Waals surface area contributed by atoms with Crippen molar-refractivity contribution in [2.75, 3.05) is 32.5 Å². The number of hydrogen-bond acceptors (Lipinski definition) is 7. The first-order valence-electron chi connectivity index (χ1n) is 10.9. The molecule has 3 heterocycles. The van der Waals surface area contributed by atoms with Crippen LogP contribution in [0.3, 0.4) is 0 Å². The Balaban J connectivity index is 1.41. The van der Waals surface area contributed by atoms with E-state index in [1.54, 1.807) is 18.8 Å². The first kappa shape index (κ1) is 21.3. The van der Waals surface area contributed by atoms with E-state index < -0.39 is 0 Å². The van der Waals surface area contributed by atoms with Crippen LogP contribution in [0.25, 0.3) is 0 Å². The van der Waals surface area contributed by atoms with Gasteiger partial charge in [0, 0.05) is 19.6 Å². The molecule has 0 amide bonds. The molecular weight excluding hydrogens is 422 g/mol. The Morgan fingerprint density at radius 3 is 1.91 bits per heavy atom. The summed E-state index contributed by atoms with van der Waals surface area (Å²) in [5.74, 6) is 2.36. The van der Waals surface area contributed by atoms with E-state index in [9.17, 15) is 9.59 Å². The van der Waals surface area contributed by atoms with Crippen molar-refractivity contribution in [1.82, 2.24) is 19.4 Å². The summed E-state index contributed by atoms with van der Waals surface area (Å²) in [6.07, 6.45) is 0. The van der Waals surface area contributed by atoms with Crippen molar-refractivity contribution in [1.29, 1.82) is 0 Å². The van der Waals surface area contributed by atoms with Gasteiger partial charge in [-0.1, -0.05) is 24.3 Å². The van der Waals surface area contributed by atoms with E-state index in [1.807, 2.05) is 48.5 Å². The van der Waals surface area contributed by atoms with Gasteiger partial charge in [-0.05, 0) is 35.4 Å². The lowest BCUT2D eigenvalue weighted by atomic mass is 10.1. The molecule has 1 N–H and O–H groups in total. The van der Waals surface area contributed by atoms with Crippen molar-refractivity contribution in [2.45, 2.75) is 26.3 Å². The van der Waals surface area contributed by atoms with Crippen LogP contribution in [-0.2, 0) is 26.3 Å². The van der Waals surface area contributed by atoms with Crippen LogP contribution in [-0.4, -0.2) is 46.9 Å². The number of anilines is 1. The predicted octanol–water partition coefficient (Wildman–Crippen LogP) is 1.76. The van der Waals surface area contributed by atoms with Gasteiger partial charge in [-0.2, -0.15) is 0 Å². The second-order valence-corrected chi connectivity index (χ2v) is 8.47. The Kier molecular flexibility index (Phi) is 5.65. The maximum atomic E-state index is 12.7. The molecule has 2 aromatic carbocycles. The van der Waals surface area contributed by atoms with Gasteiger partial charge in [-0.3, -0.25) is 24.1 Å². The molecule has 0 aliphatic carbocycles. The summed E-state index contributed by atoms with van der Waals surface area (Å²) in [4.78, 5) is 34.4. The summed E-state index contributed by atoms with van der Waals surface area (Å²) in [6, 6.07) is 15.9. The number of methoxy groups -OCH3 is 2. The molecule has 0 unspecified atom stereocenters. The van der Waals surface area contributed by atoms with Gasteiger partial charge < -0.3 is 14.4 Å². The number of nitrogens with one attached hydrogen (secondary N) is 1. The molecule has 0 spiro atoms. The van der Waals surface area contributed by atoms with Crippen molar-refractivity contribution in [3.63, 3.8) is 0 Å². The molecular formula is C24H27N5O4. The molecule has 5 rings (SSSR count). The Morgan fingerprint density at radius 2 is 1.33 bits per heavy atom. The van der Waals surface area contributed by atoms with Crippen molar-refractivity contribution < 1.29 is 9.47 Å². The molecule has 9 heteroatoms. The normalized spacial score (nSPS) is 15.9. The third-order valence-corrected chi connectivity index (χ3v) is 6.16. The molecule has 0 saturated carbocycles. The van der Waals surface area contributed by atoms with E-state index in [1.165, 1.54) is 0 Å². The lowest BCUT2D eigenvalue weighted by molar-refractivity contribution is 0.145. The van der Waals surface area contributed by atoms with Crippen LogP contribution in [0.5, 0.6) is 11.5 Å². The van der Waals surface area contributed by atoms with Crippen LogP contribution >= 0.6 is 0 Å². The van der Waals surface area contributed by atoms with Gasteiger partial charge >= 0.3 is 5.69 Å². The molecule has 0 radical (unpaired) electrons. The quantitative estimate of drug-likeness (QED) is 0.614. The molecule has 0 atom stereocenters. The summed E-state index contributed by atoms with van der Waals surface area (Å²) in [6.45, 7) is 3.54. The van der Waals surface area contributed by atoms with Gasteiger partial charge in [-0.15, -0.1) is 0 Å². The van der Waals surface area contributed by atoms with Gasteiger partial charge in [0.1, 0.15) is 17.3 Å². The van der Waals surface area contributed by atoms with Crippen LogP contribution in [0.2, 0.25) is 0 Å². The highest BCUT2D eigenvalue weighted by Crippen LogP contribution is 2.29. The fourth-order valence-electron chi connectivity index (χ4n) is 4.60. The van der Waals surface area contributed by atoms with E-state index in [2.05, 4.69) is 19.7 Å². The molecule has 0 saturated heterocycles. The van der Waals surface area contributed by atoms with Gasteiger partial charge in [0.25, 0.3) is 5.56 Å². The average molecular weight is 450 g/mol. The highest BCUT2D eigenvalue weighted by molar-refractivity contribution is 5.49. The number of aromatic amines is 1. The molecule has 0 fully saturated rings. The Labute approximate surface area is 191 Å². The first-order chi connectivity index (χ1) is 16.0. The third kappa shape index (κ3) is 4.24. The van der Waals surface area contributed by atoms with E-state index in [0.717, 1.165) is 28.4 Å². The summed E-state index contributed by atoms with van der Waals surface area (Å²) in [5, 5.41) is 0. The van der Waals surface area contributed by atoms with Crippen molar-refractivity contribution in [3.05, 3.63) is 86.1 Å². The second kappa shape index (κ2) is 8.76. The highest BCUT2D eigenvalue weighted by atomic mass is 16.5. The van der Waals surface area contributed by atoms with Crippen LogP contribution in [0.4, 0.5) is 5.82 Å². The standard InChI is InChI=1S/C24H27N5O4/c1-32-19-7-3-17(4-8-19)11-26-13-21-22(30)25-24(31)29-16-27(15-28(14-26)23(21)29)12-18-5-9-20(33-2)10-6-18/h3-10H,11-16H2,1-2H3,(H,25,30,31). The molecule has 3 aromatic rings. The smallest absolute Gasteiger partial charge is 0.331 e. The summed E-state index contributed by atoms with van der Waals surface area (Å²) < 4.78 is 12.2. The number of H-pyrrole nitrogens is 1. The van der Waals surface area contributed by atoms with Gasteiger partial charge in [0.2, 0.25) is 0 Å². The Bertz CT molecular complexity index is 1160. The fourth-order valence-corrected chi connectivity index (χ4v) is 4.60. The second-order valence-electron chi connectivity index (χ2n) is 8.47. The average Bonchev–Trinajstić information content (AvgIpc) is 2.83. The first-order valence-corrected chi connectivity index (χ1v) is 10.9. The number of rotatable bonds is 6. The van der Waals surface area contributed by atoms with Crippen LogP contribution in [0.1, 0.15) is 16.7 Å². The SMILES string of the molecule is COc1ccc(CN2Cc3c4n(c(=O)[nH]c3=O)CN(Cc3ccc(OC)cc3)CN4C2)cc1. The summed E-state index contributed by atoms with van der Waals surface area (Å²) in [5.41, 5.74) is 2.23. The lowest BCUT2D eigenvalue weighted by Crippen LogP contribution is -2.56. The minimum Gasteiger partial charge on any atom is -0.497 e. The zero-order chi connectivity index (χ0) is 22.9. The monoisotopic (exact) mass is 449 g/mol. The van der Waals surface area contributed by atoms with Crippen molar-refractivity contribution in [3.8, 4) is 11.5 Å². The Morgan fingerprint density at radius 1 is 0.788 bits per heavy atom. The van der Waals surface area contributed by atoms with Crippen molar-refractivity contribution >= 4 is 5.82 Å². The van der Waals surface area contributed by atoms with Gasteiger partial charge in [-0.25, -0.2) is 4.79 Å². The molecule has 33 heavy (non-hydrogen) atoms. The van der Waals surface area contributed by atoms with Gasteiger partial charge in [0.15, 0.2) is 0 Å². The minimum atomic E-state index is -0.369. The zero-order valence-electron chi connectivity index (χ0n) is 18.8. The van der Waals surface area contributed by atoms with Crippen LogP contribution < -0.4 is 25.6 Å². The van der Waals surface area contributed by atoms with Crippen LogP contribution in [0, 0.1) is 0 Å². The maximum absolute atomic E-state index is 12.7. The number of hydrogen-bond donors (Lipinski definition) is 1. The van der Waals surface area contributed by atoms with Gasteiger partial charge in [0.05, 0.1) is 39.8 Å². The molecule has 172 valence electrons. The highest BCUT2D eigenvalue weighted by Gasteiger charge is 2.33. The molecule has 9 nitrogen and oxygen atoms in total. The maximum Gasteiger partial charge on any atom is 0.331 e. The summed E-state index contributed by atoms with van der Waals surface area (Å²) >= 11 is 0. The molecule has 1 aromatic heterocycles. The Hall–Kier alpha value is -3.56. The number of benzene rings is 2. The van der Waals surface area contributed by atoms with E-state index in [0.29, 0.717) is 45.2 Å². The lowest BCUT2D eigenvalue weighted by Gasteiger charge is -2.45. The number of ether oxygens (including phenoxy) is 2. The van der Waals surface area contributed by atoms with Crippen molar-refractivity contribution in [2.24, 2.45) is 0 Å². The summed E-state index contributed by atoms with van der Waals surface area (Å²) in [7, 11) is 3.30. The zero-order valence-corrected chi connectivity index (χ0v) is 18.8. The number of nitrogens with zero attached hydrogens (tertiary/aromatic N) is 4. The van der Waals surface area contributed by atoms with E-state index >= 15 is 0 Å². The number of aromatic nitrogens is 2.